The number of carbonyl (C=O) groups is 4. The maximum atomic E-state index is 12.6. The molecule has 1 aliphatic heterocycles. The van der Waals surface area contributed by atoms with Gasteiger partial charge in [0.05, 0.1) is 44.2 Å². The Hall–Kier alpha value is -5.59. The molecule has 3 N–H and O–H groups in total. The summed E-state index contributed by atoms with van der Waals surface area (Å²) in [5.41, 5.74) is 5.61. The molecule has 1 atom stereocenters. The number of ether oxygens (including phenoxy) is 4. The van der Waals surface area contributed by atoms with Gasteiger partial charge in [-0.25, -0.2) is 19.8 Å². The number of hydrogen-bond acceptors (Lipinski definition) is 10. The number of carbonyl (C=O) groups excluding carboxylic acids is 4. The Kier molecular flexibility index (Phi) is 10.0. The zero-order valence-corrected chi connectivity index (χ0v) is 24.8. The first-order valence-corrected chi connectivity index (χ1v) is 13.5. The van der Waals surface area contributed by atoms with Crippen molar-refractivity contribution in [1.82, 2.24) is 16.1 Å². The van der Waals surface area contributed by atoms with Crippen LogP contribution in [0.15, 0.2) is 69.3 Å². The number of nitrogens with one attached hydrogen (secondary N) is 3. The lowest BCUT2D eigenvalue weighted by Gasteiger charge is -2.28. The highest BCUT2D eigenvalue weighted by atomic mass is 16.5. The van der Waals surface area contributed by atoms with Crippen molar-refractivity contribution >= 4 is 30.1 Å². The van der Waals surface area contributed by atoms with Gasteiger partial charge < -0.3 is 34.0 Å². The quantitative estimate of drug-likeness (QED) is 0.168. The predicted molar refractivity (Wildman–Crippen MR) is 158 cm³/mol. The topological polar surface area (TPSA) is 167 Å². The fourth-order valence-electron chi connectivity index (χ4n) is 4.50. The van der Waals surface area contributed by atoms with E-state index >= 15 is 0 Å². The summed E-state index contributed by atoms with van der Waals surface area (Å²) in [7, 11) is 2.75. The Labute approximate surface area is 253 Å². The summed E-state index contributed by atoms with van der Waals surface area (Å²) in [5, 5.41) is 9.22. The molecule has 0 saturated heterocycles. The van der Waals surface area contributed by atoms with Gasteiger partial charge in [-0.1, -0.05) is 12.1 Å². The van der Waals surface area contributed by atoms with Gasteiger partial charge in [0.25, 0.3) is 5.91 Å². The van der Waals surface area contributed by atoms with Gasteiger partial charge in [-0.05, 0) is 68.3 Å². The number of allylic oxidation sites excluding steroid dienone is 1. The Balaban J connectivity index is 1.37. The number of methoxy groups -OCH3 is 2. The van der Waals surface area contributed by atoms with E-state index in [2.05, 4.69) is 21.2 Å². The number of esters is 2. The molecule has 3 amide bonds. The average Bonchev–Trinajstić information content (AvgIpc) is 3.47. The molecular formula is C31H32N4O9. The highest BCUT2D eigenvalue weighted by Gasteiger charge is 2.32. The average molecular weight is 605 g/mol. The van der Waals surface area contributed by atoms with E-state index < -0.39 is 29.9 Å². The van der Waals surface area contributed by atoms with Gasteiger partial charge >= 0.3 is 18.0 Å². The Morgan fingerprint density at radius 2 is 1.82 bits per heavy atom. The predicted octanol–water partition coefficient (Wildman–Crippen LogP) is 3.77. The fraction of sp³-hybridized carbons (Fsp3) is 0.258. The Morgan fingerprint density at radius 1 is 1.02 bits per heavy atom. The fourth-order valence-corrected chi connectivity index (χ4v) is 4.50. The van der Waals surface area contributed by atoms with Crippen LogP contribution < -0.4 is 25.5 Å². The van der Waals surface area contributed by atoms with Crippen LogP contribution in [0.2, 0.25) is 0 Å². The first-order chi connectivity index (χ1) is 21.1. The second-order valence-corrected chi connectivity index (χ2v) is 9.51. The standard InChI is InChI=1S/C31H32N4O9/c1-6-42-30(38)27-18(3)33-31(39)34-28(27)19-8-11-24(25(14-19)40-4)43-16-26(36)35-32-15-21-9-12-23(44-21)22-10-7-20(13-17(22)2)29(37)41-5/h7-15,28H,6,16H2,1-5H3,(H,35,36)(H2,33,34,39)/b32-15-/t28-/m1/s1. The van der Waals surface area contributed by atoms with Gasteiger partial charge in [0.15, 0.2) is 18.1 Å². The summed E-state index contributed by atoms with van der Waals surface area (Å²) < 4.78 is 26.8. The van der Waals surface area contributed by atoms with E-state index in [1.54, 1.807) is 62.4 Å². The lowest BCUT2D eigenvalue weighted by molar-refractivity contribution is -0.139. The van der Waals surface area contributed by atoms with Gasteiger partial charge in [0, 0.05) is 11.3 Å². The molecule has 0 radical (unpaired) electrons. The normalized spacial score (nSPS) is 14.5. The van der Waals surface area contributed by atoms with Crippen LogP contribution in [0.4, 0.5) is 4.79 Å². The Morgan fingerprint density at radius 3 is 2.52 bits per heavy atom. The first-order valence-electron chi connectivity index (χ1n) is 13.5. The maximum absolute atomic E-state index is 12.6. The van der Waals surface area contributed by atoms with Crippen molar-refractivity contribution < 1.29 is 42.5 Å². The van der Waals surface area contributed by atoms with E-state index in [0.717, 1.165) is 11.1 Å². The van der Waals surface area contributed by atoms with Crippen LogP contribution in [0.25, 0.3) is 11.3 Å². The van der Waals surface area contributed by atoms with Crippen LogP contribution in [-0.4, -0.2) is 57.5 Å². The second kappa shape index (κ2) is 14.1. The van der Waals surface area contributed by atoms with Crippen molar-refractivity contribution in [2.75, 3.05) is 27.4 Å². The summed E-state index contributed by atoms with van der Waals surface area (Å²) in [6.07, 6.45) is 1.35. The molecule has 2 aromatic carbocycles. The minimum absolute atomic E-state index is 0.175. The van der Waals surface area contributed by atoms with Gasteiger partial charge in [-0.2, -0.15) is 5.10 Å². The summed E-state index contributed by atoms with van der Waals surface area (Å²) in [6, 6.07) is 12.1. The SMILES string of the molecule is CCOC(=O)C1=C(C)NC(=O)N[C@@H]1c1ccc(OCC(=O)N/N=C\c2ccc(-c3ccc(C(=O)OC)cc3C)o2)c(OC)c1. The Bertz CT molecular complexity index is 1640. The molecule has 13 nitrogen and oxygen atoms in total. The molecule has 1 aromatic heterocycles. The molecule has 2 heterocycles. The van der Waals surface area contributed by atoms with Crippen molar-refractivity contribution in [2.45, 2.75) is 26.8 Å². The van der Waals surface area contributed by atoms with Gasteiger partial charge in [-0.15, -0.1) is 0 Å². The molecule has 1 aliphatic rings. The molecule has 0 spiro atoms. The monoisotopic (exact) mass is 604 g/mol. The van der Waals surface area contributed by atoms with Crippen molar-refractivity contribution in [2.24, 2.45) is 5.10 Å². The second-order valence-electron chi connectivity index (χ2n) is 9.51. The van der Waals surface area contributed by atoms with E-state index in [4.69, 9.17) is 23.4 Å². The summed E-state index contributed by atoms with van der Waals surface area (Å²) >= 11 is 0. The number of benzene rings is 2. The van der Waals surface area contributed by atoms with Crippen LogP contribution >= 0.6 is 0 Å². The summed E-state index contributed by atoms with van der Waals surface area (Å²) in [6.45, 7) is 4.96. The third-order valence-corrected chi connectivity index (χ3v) is 6.57. The summed E-state index contributed by atoms with van der Waals surface area (Å²) in [5.74, 6) is -0.0207. The van der Waals surface area contributed by atoms with E-state index in [1.165, 1.54) is 20.4 Å². The third kappa shape index (κ3) is 7.24. The van der Waals surface area contributed by atoms with Crippen molar-refractivity contribution in [1.29, 1.82) is 0 Å². The molecule has 4 rings (SSSR count). The van der Waals surface area contributed by atoms with Gasteiger partial charge in [0.2, 0.25) is 0 Å². The van der Waals surface area contributed by atoms with Crippen LogP contribution in [0.3, 0.4) is 0 Å². The molecule has 44 heavy (non-hydrogen) atoms. The minimum atomic E-state index is -0.784. The molecule has 13 heteroatoms. The summed E-state index contributed by atoms with van der Waals surface area (Å²) in [4.78, 5) is 48.9. The van der Waals surface area contributed by atoms with E-state index in [1.807, 2.05) is 6.92 Å². The highest BCUT2D eigenvalue weighted by molar-refractivity contribution is 5.95. The number of rotatable bonds is 11. The number of amides is 3. The lowest BCUT2D eigenvalue weighted by atomic mass is 9.95. The number of aryl methyl sites for hydroxylation is 1. The number of hydrazone groups is 1. The molecule has 0 bridgehead atoms. The highest BCUT2D eigenvalue weighted by Crippen LogP contribution is 2.34. The van der Waals surface area contributed by atoms with Crippen LogP contribution in [-0.2, 0) is 19.1 Å². The van der Waals surface area contributed by atoms with Gasteiger partial charge in [0.1, 0.15) is 11.5 Å². The number of urea groups is 1. The van der Waals surface area contributed by atoms with Crippen LogP contribution in [0, 0.1) is 6.92 Å². The lowest BCUT2D eigenvalue weighted by Crippen LogP contribution is -2.45. The molecule has 0 fully saturated rings. The maximum Gasteiger partial charge on any atom is 0.338 e. The largest absolute Gasteiger partial charge is 0.493 e. The number of hydrogen-bond donors (Lipinski definition) is 3. The van der Waals surface area contributed by atoms with Crippen molar-refractivity contribution in [3.63, 3.8) is 0 Å². The van der Waals surface area contributed by atoms with Crippen molar-refractivity contribution in [3.8, 4) is 22.8 Å². The molecular weight excluding hydrogens is 572 g/mol. The van der Waals surface area contributed by atoms with E-state index in [9.17, 15) is 19.2 Å². The smallest absolute Gasteiger partial charge is 0.338 e. The van der Waals surface area contributed by atoms with Crippen LogP contribution in [0.5, 0.6) is 11.5 Å². The molecule has 0 saturated carbocycles. The van der Waals surface area contributed by atoms with E-state index in [0.29, 0.717) is 28.3 Å². The molecule has 3 aromatic rings. The molecule has 230 valence electrons. The number of nitrogens with zero attached hydrogens (tertiary/aromatic N) is 1. The zero-order chi connectivity index (χ0) is 31.8. The van der Waals surface area contributed by atoms with E-state index in [-0.39, 0.29) is 30.3 Å². The minimum Gasteiger partial charge on any atom is -0.493 e. The third-order valence-electron chi connectivity index (χ3n) is 6.57. The molecule has 0 aliphatic carbocycles. The van der Waals surface area contributed by atoms with Gasteiger partial charge in [-0.3, -0.25) is 4.79 Å². The van der Waals surface area contributed by atoms with Crippen LogP contribution in [0.1, 0.15) is 47.1 Å². The molecule has 0 unspecified atom stereocenters. The number of furan rings is 1. The zero-order valence-electron chi connectivity index (χ0n) is 24.8. The van der Waals surface area contributed by atoms with Crippen molar-refractivity contribution in [3.05, 3.63) is 82.3 Å². The first kappa shape index (κ1) is 31.3.